The van der Waals surface area contributed by atoms with Crippen molar-refractivity contribution in [2.24, 2.45) is 23.2 Å². The average molecular weight is 236 g/mol. The average Bonchev–Trinajstić information content (AvgIpc) is 2.19. The van der Waals surface area contributed by atoms with Crippen molar-refractivity contribution in [3.05, 3.63) is 11.6 Å². The second-order valence-corrected chi connectivity index (χ2v) is 7.32. The van der Waals surface area contributed by atoms with Crippen molar-refractivity contribution in [3.8, 4) is 0 Å². The minimum Gasteiger partial charge on any atom is -0.389 e. The van der Waals surface area contributed by atoms with Crippen molar-refractivity contribution in [1.29, 1.82) is 0 Å². The molecule has 0 heterocycles. The normalized spacial score (nSPS) is 42.1. The maximum absolute atomic E-state index is 9.99. The van der Waals surface area contributed by atoms with Gasteiger partial charge in [-0.2, -0.15) is 0 Å². The lowest BCUT2D eigenvalue weighted by Crippen LogP contribution is -2.30. The zero-order valence-electron chi connectivity index (χ0n) is 11.9. The summed E-state index contributed by atoms with van der Waals surface area (Å²) < 4.78 is 0. The third kappa shape index (κ3) is 3.13. The number of allylic oxidation sites excluding steroid dienone is 1. The number of aliphatic hydroxyl groups excluding tert-OH is 1. The first kappa shape index (κ1) is 13.1. The lowest BCUT2D eigenvalue weighted by Gasteiger charge is -2.39. The highest BCUT2D eigenvalue weighted by molar-refractivity contribution is 5.16. The van der Waals surface area contributed by atoms with Gasteiger partial charge in [0.15, 0.2) is 0 Å². The van der Waals surface area contributed by atoms with Crippen LogP contribution in [0.1, 0.15) is 59.8 Å². The van der Waals surface area contributed by atoms with Gasteiger partial charge >= 0.3 is 0 Å². The van der Waals surface area contributed by atoms with E-state index in [1.54, 1.807) is 5.57 Å². The Kier molecular flexibility index (Phi) is 3.68. The predicted octanol–water partition coefficient (Wildman–Crippen LogP) is 4.17. The second kappa shape index (κ2) is 4.76. The Morgan fingerprint density at radius 2 is 1.88 bits per heavy atom. The molecular weight excluding hydrogens is 208 g/mol. The van der Waals surface area contributed by atoms with Crippen LogP contribution in [0, 0.1) is 23.2 Å². The van der Waals surface area contributed by atoms with Crippen LogP contribution < -0.4 is 0 Å². The summed E-state index contributed by atoms with van der Waals surface area (Å²) in [6.07, 6.45) is 8.10. The number of hydrogen-bond donors (Lipinski definition) is 1. The van der Waals surface area contributed by atoms with Crippen LogP contribution in [-0.4, -0.2) is 11.2 Å². The molecule has 0 aromatic rings. The summed E-state index contributed by atoms with van der Waals surface area (Å²) in [4.78, 5) is 0. The van der Waals surface area contributed by atoms with Crippen molar-refractivity contribution in [2.45, 2.75) is 65.9 Å². The van der Waals surface area contributed by atoms with Gasteiger partial charge in [-0.3, -0.25) is 0 Å². The standard InChI is InChI=1S/C16H28O/c1-11-5-6-13(7-12(11)2)14-8-15(17)10-16(3,4)9-14/h8,11-13,15,17H,5-7,9-10H2,1-4H3. The summed E-state index contributed by atoms with van der Waals surface area (Å²) in [7, 11) is 0. The molecule has 0 aliphatic heterocycles. The van der Waals surface area contributed by atoms with Gasteiger partial charge in [-0.25, -0.2) is 0 Å². The molecule has 0 radical (unpaired) electrons. The number of rotatable bonds is 1. The molecule has 0 aromatic heterocycles. The molecule has 0 amide bonds. The first-order valence-corrected chi connectivity index (χ1v) is 7.26. The quantitative estimate of drug-likeness (QED) is 0.678. The highest BCUT2D eigenvalue weighted by atomic mass is 16.3. The van der Waals surface area contributed by atoms with Gasteiger partial charge in [-0.1, -0.05) is 39.3 Å². The number of aliphatic hydroxyl groups is 1. The molecular formula is C16H28O. The Bertz CT molecular complexity index is 303. The lowest BCUT2D eigenvalue weighted by molar-refractivity contribution is 0.128. The molecule has 2 aliphatic carbocycles. The molecule has 1 saturated carbocycles. The van der Waals surface area contributed by atoms with Gasteiger partial charge in [0.25, 0.3) is 0 Å². The SMILES string of the molecule is CC1CCC(C2=CC(O)CC(C)(C)C2)CC1C. The zero-order valence-corrected chi connectivity index (χ0v) is 11.9. The van der Waals surface area contributed by atoms with E-state index in [4.69, 9.17) is 0 Å². The summed E-state index contributed by atoms with van der Waals surface area (Å²) in [5.41, 5.74) is 1.84. The molecule has 0 bridgehead atoms. The summed E-state index contributed by atoms with van der Waals surface area (Å²) in [6, 6.07) is 0. The molecule has 4 atom stereocenters. The third-order valence-electron chi connectivity index (χ3n) is 4.97. The van der Waals surface area contributed by atoms with Crippen LogP contribution >= 0.6 is 0 Å². The molecule has 2 aliphatic rings. The predicted molar refractivity (Wildman–Crippen MR) is 72.8 cm³/mol. The maximum Gasteiger partial charge on any atom is 0.0728 e. The Labute approximate surface area is 106 Å². The fraction of sp³-hybridized carbons (Fsp3) is 0.875. The van der Waals surface area contributed by atoms with Crippen LogP contribution in [0.5, 0.6) is 0 Å². The molecule has 4 unspecified atom stereocenters. The Morgan fingerprint density at radius 1 is 1.18 bits per heavy atom. The van der Waals surface area contributed by atoms with Crippen LogP contribution in [0.2, 0.25) is 0 Å². The van der Waals surface area contributed by atoms with Crippen molar-refractivity contribution in [1.82, 2.24) is 0 Å². The largest absolute Gasteiger partial charge is 0.389 e. The van der Waals surface area contributed by atoms with Gasteiger partial charge in [0.1, 0.15) is 0 Å². The molecule has 0 aromatic carbocycles. The first-order valence-electron chi connectivity index (χ1n) is 7.26. The first-order chi connectivity index (χ1) is 7.87. The minimum atomic E-state index is -0.205. The maximum atomic E-state index is 9.99. The van der Waals surface area contributed by atoms with Crippen LogP contribution in [-0.2, 0) is 0 Å². The molecule has 98 valence electrons. The smallest absolute Gasteiger partial charge is 0.0728 e. The highest BCUT2D eigenvalue weighted by Crippen LogP contribution is 2.44. The summed E-state index contributed by atoms with van der Waals surface area (Å²) >= 11 is 0. The van der Waals surface area contributed by atoms with Crippen LogP contribution in [0.15, 0.2) is 11.6 Å². The molecule has 2 rings (SSSR count). The van der Waals surface area contributed by atoms with Gasteiger partial charge in [0.2, 0.25) is 0 Å². The molecule has 1 fully saturated rings. The van der Waals surface area contributed by atoms with E-state index < -0.39 is 0 Å². The third-order valence-corrected chi connectivity index (χ3v) is 4.97. The van der Waals surface area contributed by atoms with Crippen molar-refractivity contribution < 1.29 is 5.11 Å². The molecule has 1 heteroatoms. The Hall–Kier alpha value is -0.300. The summed E-state index contributed by atoms with van der Waals surface area (Å²) in [5.74, 6) is 2.47. The van der Waals surface area contributed by atoms with Gasteiger partial charge in [-0.15, -0.1) is 0 Å². The Morgan fingerprint density at radius 3 is 2.47 bits per heavy atom. The van der Waals surface area contributed by atoms with E-state index in [0.717, 1.165) is 24.2 Å². The van der Waals surface area contributed by atoms with Crippen molar-refractivity contribution in [3.63, 3.8) is 0 Å². The van der Waals surface area contributed by atoms with E-state index in [1.807, 2.05) is 0 Å². The molecule has 0 spiro atoms. The van der Waals surface area contributed by atoms with E-state index in [9.17, 15) is 5.11 Å². The van der Waals surface area contributed by atoms with Gasteiger partial charge in [-0.05, 0) is 55.3 Å². The lowest BCUT2D eigenvalue weighted by atomic mass is 9.67. The Balaban J connectivity index is 2.07. The van der Waals surface area contributed by atoms with E-state index in [0.29, 0.717) is 0 Å². The van der Waals surface area contributed by atoms with Gasteiger partial charge in [0, 0.05) is 0 Å². The molecule has 1 N–H and O–H groups in total. The van der Waals surface area contributed by atoms with Crippen LogP contribution in [0.25, 0.3) is 0 Å². The number of hydrogen-bond acceptors (Lipinski definition) is 1. The van der Waals surface area contributed by atoms with Crippen LogP contribution in [0.3, 0.4) is 0 Å². The van der Waals surface area contributed by atoms with E-state index in [2.05, 4.69) is 33.8 Å². The van der Waals surface area contributed by atoms with E-state index in [-0.39, 0.29) is 11.5 Å². The topological polar surface area (TPSA) is 20.2 Å². The van der Waals surface area contributed by atoms with Crippen molar-refractivity contribution >= 4 is 0 Å². The monoisotopic (exact) mass is 236 g/mol. The van der Waals surface area contributed by atoms with E-state index >= 15 is 0 Å². The zero-order chi connectivity index (χ0) is 12.6. The molecule has 1 nitrogen and oxygen atoms in total. The van der Waals surface area contributed by atoms with Crippen LogP contribution in [0.4, 0.5) is 0 Å². The summed E-state index contributed by atoms with van der Waals surface area (Å²) in [6.45, 7) is 9.35. The van der Waals surface area contributed by atoms with Gasteiger partial charge in [0.05, 0.1) is 6.10 Å². The fourth-order valence-electron chi connectivity index (χ4n) is 3.72. The summed E-state index contributed by atoms with van der Waals surface area (Å²) in [5, 5.41) is 9.99. The van der Waals surface area contributed by atoms with Gasteiger partial charge < -0.3 is 5.11 Å². The fourth-order valence-corrected chi connectivity index (χ4v) is 3.72. The molecule has 0 saturated heterocycles. The van der Waals surface area contributed by atoms with E-state index in [1.165, 1.54) is 25.7 Å². The second-order valence-electron chi connectivity index (χ2n) is 7.32. The highest BCUT2D eigenvalue weighted by Gasteiger charge is 2.33. The molecule has 17 heavy (non-hydrogen) atoms. The van der Waals surface area contributed by atoms with Crippen molar-refractivity contribution in [2.75, 3.05) is 0 Å². The minimum absolute atomic E-state index is 0.205.